The van der Waals surface area contributed by atoms with Gasteiger partial charge >= 0.3 is 0 Å². The van der Waals surface area contributed by atoms with Gasteiger partial charge in [0.15, 0.2) is 5.69 Å². The summed E-state index contributed by atoms with van der Waals surface area (Å²) in [5.41, 5.74) is 3.33. The Morgan fingerprint density at radius 3 is 2.63 bits per heavy atom. The Hall–Kier alpha value is -3.19. The molecule has 2 aromatic carbocycles. The Kier molecular flexibility index (Phi) is 5.81. The van der Waals surface area contributed by atoms with Crippen LogP contribution in [0.15, 0.2) is 54.7 Å². The molecular formula is C22H23ClN6O. The molecule has 1 N–H and O–H groups in total. The number of fused-ring (bicyclic) bond motifs is 1. The number of benzene rings is 2. The fourth-order valence-electron chi connectivity index (χ4n) is 3.23. The molecule has 2 heterocycles. The molecule has 1 amide bonds. The molecule has 0 unspecified atom stereocenters. The van der Waals surface area contributed by atoms with Gasteiger partial charge in [-0.15, -0.1) is 5.10 Å². The third-order valence-electron chi connectivity index (χ3n) is 4.89. The zero-order valence-electron chi connectivity index (χ0n) is 16.9. The number of hydrogen-bond acceptors (Lipinski definition) is 4. The molecule has 0 spiro atoms. The number of hydrogen-bond donors (Lipinski definition) is 1. The lowest BCUT2D eigenvalue weighted by Crippen LogP contribution is -2.28. The number of rotatable bonds is 7. The molecule has 0 aliphatic carbocycles. The Balaban J connectivity index is 1.48. The number of amides is 1. The summed E-state index contributed by atoms with van der Waals surface area (Å²) in [5.74, 6) is 0.120. The van der Waals surface area contributed by atoms with Gasteiger partial charge in [-0.05, 0) is 29.7 Å². The quantitative estimate of drug-likeness (QED) is 0.490. The smallest absolute Gasteiger partial charge is 0.272 e. The van der Waals surface area contributed by atoms with Crippen molar-refractivity contribution in [2.45, 2.75) is 32.9 Å². The van der Waals surface area contributed by atoms with Crippen molar-refractivity contribution in [3.05, 3.63) is 76.7 Å². The van der Waals surface area contributed by atoms with Gasteiger partial charge in [0.2, 0.25) is 0 Å². The molecular weight excluding hydrogens is 400 g/mol. The largest absolute Gasteiger partial charge is 0.349 e. The molecule has 0 saturated carbocycles. The molecule has 0 fully saturated rings. The first-order chi connectivity index (χ1) is 14.5. The van der Waals surface area contributed by atoms with Crippen LogP contribution in [0.2, 0.25) is 5.02 Å². The summed E-state index contributed by atoms with van der Waals surface area (Å²) >= 11 is 5.98. The summed E-state index contributed by atoms with van der Waals surface area (Å²) < 4.78 is 3.59. The van der Waals surface area contributed by atoms with Crippen LogP contribution in [0.3, 0.4) is 0 Å². The summed E-state index contributed by atoms with van der Waals surface area (Å²) in [4.78, 5) is 12.8. The number of nitrogens with one attached hydrogen (secondary N) is 1. The van der Waals surface area contributed by atoms with E-state index in [0.29, 0.717) is 36.3 Å². The van der Waals surface area contributed by atoms with E-state index in [1.54, 1.807) is 4.68 Å². The summed E-state index contributed by atoms with van der Waals surface area (Å²) in [6, 6.07) is 15.4. The SMILES string of the molecule is CC(C)c1cn(CCNC(=O)c2nn(Cc3ccc(Cl)cc3)c3ccccc23)nn1. The standard InChI is InChI=1S/C22H23ClN6O/c1-15(2)19-14-28(27-25-19)12-11-24-22(30)21-18-5-3-4-6-20(18)29(26-21)13-16-7-9-17(23)10-8-16/h3-10,14-15H,11-13H2,1-2H3,(H,24,30). The Labute approximate surface area is 179 Å². The van der Waals surface area contributed by atoms with Crippen LogP contribution in [0.5, 0.6) is 0 Å². The molecule has 0 bridgehead atoms. The maximum atomic E-state index is 12.8. The number of nitrogens with zero attached hydrogens (tertiary/aromatic N) is 5. The van der Waals surface area contributed by atoms with Crippen molar-refractivity contribution >= 4 is 28.4 Å². The van der Waals surface area contributed by atoms with Gasteiger partial charge in [0.25, 0.3) is 5.91 Å². The van der Waals surface area contributed by atoms with Crippen molar-refractivity contribution in [1.29, 1.82) is 0 Å². The van der Waals surface area contributed by atoms with E-state index >= 15 is 0 Å². The van der Waals surface area contributed by atoms with Crippen LogP contribution in [-0.4, -0.2) is 37.2 Å². The van der Waals surface area contributed by atoms with Gasteiger partial charge in [-0.2, -0.15) is 5.10 Å². The first kappa shape index (κ1) is 20.1. The summed E-state index contributed by atoms with van der Waals surface area (Å²) in [5, 5.41) is 17.3. The normalized spacial score (nSPS) is 11.3. The minimum atomic E-state index is -0.203. The zero-order valence-corrected chi connectivity index (χ0v) is 17.7. The highest BCUT2D eigenvalue weighted by Gasteiger charge is 2.17. The van der Waals surface area contributed by atoms with Crippen LogP contribution in [0.1, 0.15) is 41.5 Å². The predicted molar refractivity (Wildman–Crippen MR) is 117 cm³/mol. The number of halogens is 1. The highest BCUT2D eigenvalue weighted by Crippen LogP contribution is 2.20. The van der Waals surface area contributed by atoms with E-state index in [2.05, 4.69) is 34.6 Å². The van der Waals surface area contributed by atoms with E-state index < -0.39 is 0 Å². The summed E-state index contributed by atoms with van der Waals surface area (Å²) in [6.45, 7) is 5.69. The van der Waals surface area contributed by atoms with E-state index in [0.717, 1.165) is 22.2 Å². The van der Waals surface area contributed by atoms with Crippen LogP contribution >= 0.6 is 11.6 Å². The van der Waals surface area contributed by atoms with Gasteiger partial charge in [-0.1, -0.05) is 61.0 Å². The number of aromatic nitrogens is 5. The lowest BCUT2D eigenvalue weighted by molar-refractivity contribution is 0.0947. The van der Waals surface area contributed by atoms with E-state index in [9.17, 15) is 4.79 Å². The molecule has 8 heteroatoms. The first-order valence-corrected chi connectivity index (χ1v) is 10.3. The molecule has 4 rings (SSSR count). The van der Waals surface area contributed by atoms with Crippen molar-refractivity contribution in [2.75, 3.05) is 6.54 Å². The van der Waals surface area contributed by atoms with Crippen molar-refractivity contribution < 1.29 is 4.79 Å². The molecule has 30 heavy (non-hydrogen) atoms. The second-order valence-electron chi connectivity index (χ2n) is 7.47. The third-order valence-corrected chi connectivity index (χ3v) is 5.14. The van der Waals surface area contributed by atoms with E-state index in [1.807, 2.05) is 59.4 Å². The monoisotopic (exact) mass is 422 g/mol. The van der Waals surface area contributed by atoms with Gasteiger partial charge in [0.1, 0.15) is 0 Å². The minimum absolute atomic E-state index is 0.203. The average molecular weight is 423 g/mol. The maximum Gasteiger partial charge on any atom is 0.272 e. The Morgan fingerprint density at radius 1 is 1.13 bits per heavy atom. The first-order valence-electron chi connectivity index (χ1n) is 9.89. The molecule has 0 aliphatic rings. The van der Waals surface area contributed by atoms with Crippen molar-refractivity contribution in [1.82, 2.24) is 30.1 Å². The lowest BCUT2D eigenvalue weighted by atomic mass is 10.2. The fourth-order valence-corrected chi connectivity index (χ4v) is 3.36. The second kappa shape index (κ2) is 8.67. The average Bonchev–Trinajstić information content (AvgIpc) is 3.35. The fraction of sp³-hybridized carbons (Fsp3) is 0.273. The van der Waals surface area contributed by atoms with Gasteiger partial charge in [0.05, 0.1) is 24.3 Å². The predicted octanol–water partition coefficient (Wildman–Crippen LogP) is 3.88. The maximum absolute atomic E-state index is 12.8. The number of para-hydroxylation sites is 1. The molecule has 0 atom stereocenters. The van der Waals surface area contributed by atoms with E-state index in [-0.39, 0.29) is 5.91 Å². The molecule has 0 radical (unpaired) electrons. The molecule has 4 aromatic rings. The Bertz CT molecular complexity index is 1160. The highest BCUT2D eigenvalue weighted by atomic mass is 35.5. The summed E-state index contributed by atoms with van der Waals surface area (Å²) in [6.07, 6.45) is 1.91. The van der Waals surface area contributed by atoms with Crippen LogP contribution in [0.25, 0.3) is 10.9 Å². The molecule has 0 saturated heterocycles. The van der Waals surface area contributed by atoms with Crippen LogP contribution in [0, 0.1) is 0 Å². The minimum Gasteiger partial charge on any atom is -0.349 e. The van der Waals surface area contributed by atoms with Crippen LogP contribution in [-0.2, 0) is 13.1 Å². The molecule has 154 valence electrons. The topological polar surface area (TPSA) is 77.6 Å². The van der Waals surface area contributed by atoms with Crippen molar-refractivity contribution in [3.63, 3.8) is 0 Å². The van der Waals surface area contributed by atoms with Crippen molar-refractivity contribution in [3.8, 4) is 0 Å². The van der Waals surface area contributed by atoms with Gasteiger partial charge in [-0.25, -0.2) is 0 Å². The van der Waals surface area contributed by atoms with Gasteiger partial charge in [0, 0.05) is 23.2 Å². The molecule has 0 aliphatic heterocycles. The number of carbonyl (C=O) groups excluding carboxylic acids is 1. The molecule has 2 aromatic heterocycles. The Morgan fingerprint density at radius 2 is 1.90 bits per heavy atom. The van der Waals surface area contributed by atoms with Gasteiger partial charge in [-0.3, -0.25) is 14.2 Å². The number of carbonyl (C=O) groups is 1. The second-order valence-corrected chi connectivity index (χ2v) is 7.90. The zero-order chi connectivity index (χ0) is 21.1. The van der Waals surface area contributed by atoms with Gasteiger partial charge < -0.3 is 5.32 Å². The van der Waals surface area contributed by atoms with E-state index in [4.69, 9.17) is 11.6 Å². The van der Waals surface area contributed by atoms with E-state index in [1.165, 1.54) is 0 Å². The molecule has 7 nitrogen and oxygen atoms in total. The third kappa shape index (κ3) is 4.36. The highest BCUT2D eigenvalue weighted by molar-refractivity contribution is 6.30. The van der Waals surface area contributed by atoms with Crippen LogP contribution < -0.4 is 5.32 Å². The summed E-state index contributed by atoms with van der Waals surface area (Å²) in [7, 11) is 0. The van der Waals surface area contributed by atoms with Crippen molar-refractivity contribution in [2.24, 2.45) is 0 Å². The lowest BCUT2D eigenvalue weighted by Gasteiger charge is -2.04. The van der Waals surface area contributed by atoms with Crippen LogP contribution in [0.4, 0.5) is 0 Å².